The first kappa shape index (κ1) is 18.2. The molecule has 0 aliphatic carbocycles. The number of carbonyl (C=O) groups excluding carboxylic acids is 1. The predicted octanol–water partition coefficient (Wildman–Crippen LogP) is 1.63. The van der Waals surface area contributed by atoms with Gasteiger partial charge in [-0.2, -0.15) is 0 Å². The van der Waals surface area contributed by atoms with E-state index in [-0.39, 0.29) is 24.7 Å². The number of hydrogen-bond acceptors (Lipinski definition) is 5. The molecule has 2 rings (SSSR count). The molecule has 1 aromatic heterocycles. The normalized spacial score (nSPS) is 20.7. The largest absolute Gasteiger partial charge is 0.480 e. The molecule has 1 saturated heterocycles. The van der Waals surface area contributed by atoms with E-state index in [1.54, 1.807) is 6.07 Å². The van der Waals surface area contributed by atoms with E-state index in [2.05, 4.69) is 9.88 Å². The number of nitrogens with zero attached hydrogens (tertiary/aromatic N) is 3. The maximum absolute atomic E-state index is 12.5. The first-order chi connectivity index (χ1) is 11.4. The fourth-order valence-electron chi connectivity index (χ4n) is 2.93. The summed E-state index contributed by atoms with van der Waals surface area (Å²) in [6, 6.07) is 3.52. The van der Waals surface area contributed by atoms with Gasteiger partial charge in [-0.3, -0.25) is 9.59 Å². The minimum atomic E-state index is -1.02. The monoisotopic (exact) mass is 335 g/mol. The van der Waals surface area contributed by atoms with Crippen molar-refractivity contribution in [3.05, 3.63) is 23.9 Å². The lowest BCUT2D eigenvalue weighted by Crippen LogP contribution is -2.45. The quantitative estimate of drug-likeness (QED) is 0.851. The molecule has 2 heterocycles. The lowest BCUT2D eigenvalue weighted by molar-refractivity contribution is -0.137. The Morgan fingerprint density at radius 1 is 1.33 bits per heavy atom. The zero-order chi connectivity index (χ0) is 17.7. The van der Waals surface area contributed by atoms with Crippen molar-refractivity contribution in [1.82, 2.24) is 9.88 Å². The summed E-state index contributed by atoms with van der Waals surface area (Å²) in [7, 11) is 0. The Hall–Kier alpha value is -2.15. The SMILES string of the molecule is CCCN(CC(=O)O)C(=O)c1ccc(N2CC(C)OC(C)C2)nc1. The number of ether oxygens (including phenoxy) is 1. The third kappa shape index (κ3) is 4.67. The van der Waals surface area contributed by atoms with Gasteiger partial charge >= 0.3 is 5.97 Å². The van der Waals surface area contributed by atoms with Crippen LogP contribution in [-0.2, 0) is 9.53 Å². The van der Waals surface area contributed by atoms with Crippen LogP contribution in [0.15, 0.2) is 18.3 Å². The topological polar surface area (TPSA) is 83.0 Å². The second kappa shape index (κ2) is 8.10. The molecule has 0 aromatic carbocycles. The zero-order valence-corrected chi connectivity index (χ0v) is 14.4. The molecule has 0 spiro atoms. The Kier molecular flexibility index (Phi) is 6.14. The smallest absolute Gasteiger partial charge is 0.323 e. The van der Waals surface area contributed by atoms with Crippen molar-refractivity contribution in [2.45, 2.75) is 39.4 Å². The number of anilines is 1. The molecule has 0 radical (unpaired) electrons. The van der Waals surface area contributed by atoms with Crippen LogP contribution < -0.4 is 4.90 Å². The lowest BCUT2D eigenvalue weighted by atomic mass is 10.2. The van der Waals surface area contributed by atoms with Crippen molar-refractivity contribution in [3.8, 4) is 0 Å². The highest BCUT2D eigenvalue weighted by atomic mass is 16.5. The van der Waals surface area contributed by atoms with Crippen molar-refractivity contribution in [2.24, 2.45) is 0 Å². The van der Waals surface area contributed by atoms with Crippen LogP contribution in [0.5, 0.6) is 0 Å². The Bertz CT molecular complexity index is 566. The van der Waals surface area contributed by atoms with Crippen LogP contribution in [0.2, 0.25) is 0 Å². The Morgan fingerprint density at radius 2 is 2.00 bits per heavy atom. The van der Waals surface area contributed by atoms with Gasteiger partial charge in [0.2, 0.25) is 0 Å². The van der Waals surface area contributed by atoms with E-state index in [0.717, 1.165) is 18.9 Å². The second-order valence-electron chi connectivity index (χ2n) is 6.19. The standard InChI is InChI=1S/C17H25N3O4/c1-4-7-19(11-16(21)22)17(23)14-5-6-15(18-8-14)20-9-12(2)24-13(3)10-20/h5-6,8,12-13H,4,7,9-11H2,1-3H3,(H,21,22). The molecule has 1 N–H and O–H groups in total. The van der Waals surface area contributed by atoms with E-state index >= 15 is 0 Å². The first-order valence-corrected chi connectivity index (χ1v) is 8.28. The summed E-state index contributed by atoms with van der Waals surface area (Å²) in [5, 5.41) is 8.94. The number of aromatic nitrogens is 1. The molecule has 2 atom stereocenters. The summed E-state index contributed by atoms with van der Waals surface area (Å²) in [6.45, 7) is 7.57. The van der Waals surface area contributed by atoms with Crippen LogP contribution in [0.1, 0.15) is 37.6 Å². The summed E-state index contributed by atoms with van der Waals surface area (Å²) < 4.78 is 5.71. The number of aliphatic carboxylic acids is 1. The van der Waals surface area contributed by atoms with Gasteiger partial charge in [0.05, 0.1) is 17.8 Å². The molecular formula is C17H25N3O4. The summed E-state index contributed by atoms with van der Waals surface area (Å²) in [5.74, 6) is -0.520. The summed E-state index contributed by atoms with van der Waals surface area (Å²) in [6.07, 6.45) is 2.49. The molecule has 7 heteroatoms. The van der Waals surface area contributed by atoms with E-state index in [4.69, 9.17) is 9.84 Å². The maximum atomic E-state index is 12.5. The van der Waals surface area contributed by atoms with Crippen molar-refractivity contribution < 1.29 is 19.4 Å². The number of carbonyl (C=O) groups is 2. The number of pyridine rings is 1. The lowest BCUT2D eigenvalue weighted by Gasteiger charge is -2.36. The van der Waals surface area contributed by atoms with Gasteiger partial charge in [-0.1, -0.05) is 6.92 Å². The number of carboxylic acid groups (broad SMARTS) is 1. The molecule has 1 aliphatic heterocycles. The van der Waals surface area contributed by atoms with Crippen LogP contribution in [0.25, 0.3) is 0 Å². The number of carboxylic acids is 1. The molecular weight excluding hydrogens is 310 g/mol. The maximum Gasteiger partial charge on any atom is 0.323 e. The predicted molar refractivity (Wildman–Crippen MR) is 90.3 cm³/mol. The highest BCUT2D eigenvalue weighted by Gasteiger charge is 2.24. The average Bonchev–Trinajstić information content (AvgIpc) is 2.52. The van der Waals surface area contributed by atoms with Gasteiger partial charge in [0, 0.05) is 25.8 Å². The molecule has 7 nitrogen and oxygen atoms in total. The number of rotatable bonds is 6. The third-order valence-electron chi connectivity index (χ3n) is 3.85. The molecule has 24 heavy (non-hydrogen) atoms. The van der Waals surface area contributed by atoms with Crippen molar-refractivity contribution in [2.75, 3.05) is 31.1 Å². The molecule has 2 unspecified atom stereocenters. The highest BCUT2D eigenvalue weighted by molar-refractivity contribution is 5.95. The van der Waals surface area contributed by atoms with Gasteiger partial charge in [0.15, 0.2) is 0 Å². The van der Waals surface area contributed by atoms with Gasteiger partial charge in [-0.15, -0.1) is 0 Å². The summed E-state index contributed by atoms with van der Waals surface area (Å²) in [4.78, 5) is 31.2. The van der Waals surface area contributed by atoms with Crippen LogP contribution in [0.4, 0.5) is 5.82 Å². The Balaban J connectivity index is 2.10. The van der Waals surface area contributed by atoms with Crippen molar-refractivity contribution in [1.29, 1.82) is 0 Å². The van der Waals surface area contributed by atoms with E-state index < -0.39 is 5.97 Å². The molecule has 1 amide bonds. The van der Waals surface area contributed by atoms with Crippen LogP contribution in [-0.4, -0.2) is 65.3 Å². The fraction of sp³-hybridized carbons (Fsp3) is 0.588. The second-order valence-corrected chi connectivity index (χ2v) is 6.19. The average molecular weight is 335 g/mol. The molecule has 0 bridgehead atoms. The van der Waals surface area contributed by atoms with Gasteiger partial charge < -0.3 is 19.6 Å². The molecule has 1 aromatic rings. The van der Waals surface area contributed by atoms with Crippen LogP contribution >= 0.6 is 0 Å². The van der Waals surface area contributed by atoms with Gasteiger partial charge in [0.1, 0.15) is 12.4 Å². The minimum absolute atomic E-state index is 0.132. The summed E-state index contributed by atoms with van der Waals surface area (Å²) in [5.41, 5.74) is 0.405. The van der Waals surface area contributed by atoms with E-state index in [1.807, 2.05) is 26.8 Å². The first-order valence-electron chi connectivity index (χ1n) is 8.28. The Morgan fingerprint density at radius 3 is 2.50 bits per heavy atom. The van der Waals surface area contributed by atoms with E-state index in [9.17, 15) is 9.59 Å². The third-order valence-corrected chi connectivity index (χ3v) is 3.85. The number of morpholine rings is 1. The highest BCUT2D eigenvalue weighted by Crippen LogP contribution is 2.19. The zero-order valence-electron chi connectivity index (χ0n) is 14.4. The van der Waals surface area contributed by atoms with Gasteiger partial charge in [-0.05, 0) is 32.4 Å². The summed E-state index contributed by atoms with van der Waals surface area (Å²) >= 11 is 0. The molecule has 0 saturated carbocycles. The van der Waals surface area contributed by atoms with Crippen LogP contribution in [0, 0.1) is 0 Å². The molecule has 132 valence electrons. The van der Waals surface area contributed by atoms with Gasteiger partial charge in [-0.25, -0.2) is 4.98 Å². The molecule has 1 fully saturated rings. The van der Waals surface area contributed by atoms with Gasteiger partial charge in [0.25, 0.3) is 5.91 Å². The fourth-order valence-corrected chi connectivity index (χ4v) is 2.93. The van der Waals surface area contributed by atoms with Crippen molar-refractivity contribution >= 4 is 17.7 Å². The number of amides is 1. The molecule has 1 aliphatic rings. The number of hydrogen-bond donors (Lipinski definition) is 1. The van der Waals surface area contributed by atoms with E-state index in [0.29, 0.717) is 18.5 Å². The van der Waals surface area contributed by atoms with Crippen LogP contribution in [0.3, 0.4) is 0 Å². The Labute approximate surface area is 142 Å². The van der Waals surface area contributed by atoms with E-state index in [1.165, 1.54) is 11.1 Å². The van der Waals surface area contributed by atoms with Crippen molar-refractivity contribution in [3.63, 3.8) is 0 Å². The minimum Gasteiger partial charge on any atom is -0.480 e.